The first kappa shape index (κ1) is 18.9. The number of hydrogen-bond acceptors (Lipinski definition) is 2. The summed E-state index contributed by atoms with van der Waals surface area (Å²) < 4.78 is 0. The number of Topliss-reactive ketones (excluding diaryl/α,β-unsaturated/α-hetero) is 1. The van der Waals surface area contributed by atoms with Crippen LogP contribution in [0.15, 0.2) is 91.0 Å². The quantitative estimate of drug-likeness (QED) is 0.638. The molecule has 1 aliphatic heterocycles. The van der Waals surface area contributed by atoms with Crippen LogP contribution in [0, 0.1) is 5.92 Å². The number of nitrogens with zero attached hydrogens (tertiary/aromatic N) is 1. The molecule has 29 heavy (non-hydrogen) atoms. The molecule has 0 aliphatic carbocycles. The van der Waals surface area contributed by atoms with Gasteiger partial charge in [0.25, 0.3) is 0 Å². The molecule has 0 aromatic heterocycles. The van der Waals surface area contributed by atoms with Crippen molar-refractivity contribution in [3.63, 3.8) is 0 Å². The molecule has 4 nitrogen and oxygen atoms in total. The lowest BCUT2D eigenvalue weighted by atomic mass is 9.80. The lowest BCUT2D eigenvalue weighted by Gasteiger charge is -2.45. The van der Waals surface area contributed by atoms with Crippen molar-refractivity contribution >= 4 is 17.5 Å². The normalized spacial score (nSPS) is 21.6. The third-order valence-electron chi connectivity index (χ3n) is 5.60. The van der Waals surface area contributed by atoms with Crippen LogP contribution in [-0.2, 0) is 4.79 Å². The van der Waals surface area contributed by atoms with E-state index in [-0.39, 0.29) is 29.8 Å². The first-order valence-corrected chi connectivity index (χ1v) is 9.92. The number of ketones is 1. The van der Waals surface area contributed by atoms with Crippen molar-refractivity contribution in [1.82, 2.24) is 4.90 Å². The number of carbonyl (C=O) groups excluding carboxylic acids is 2. The van der Waals surface area contributed by atoms with Crippen LogP contribution in [0.2, 0.25) is 0 Å². The van der Waals surface area contributed by atoms with Crippen molar-refractivity contribution in [2.24, 2.45) is 5.92 Å². The molecule has 4 rings (SSSR count). The van der Waals surface area contributed by atoms with Crippen LogP contribution in [0.1, 0.15) is 36.6 Å². The minimum absolute atomic E-state index is 0.177. The van der Waals surface area contributed by atoms with Crippen LogP contribution in [0.4, 0.5) is 10.5 Å². The Balaban J connectivity index is 1.77. The zero-order valence-electron chi connectivity index (χ0n) is 16.4. The van der Waals surface area contributed by atoms with E-state index in [0.29, 0.717) is 6.42 Å². The second kappa shape index (κ2) is 8.31. The van der Waals surface area contributed by atoms with E-state index in [1.54, 1.807) is 0 Å². The number of amides is 2. The zero-order valence-corrected chi connectivity index (χ0v) is 16.4. The first-order valence-electron chi connectivity index (χ1n) is 9.92. The van der Waals surface area contributed by atoms with E-state index in [2.05, 4.69) is 5.32 Å². The Morgan fingerprint density at radius 3 is 1.93 bits per heavy atom. The summed E-state index contributed by atoms with van der Waals surface area (Å²) in [7, 11) is 0. The zero-order chi connectivity index (χ0) is 20.2. The van der Waals surface area contributed by atoms with Crippen molar-refractivity contribution in [2.45, 2.75) is 25.4 Å². The van der Waals surface area contributed by atoms with E-state index in [1.165, 1.54) is 0 Å². The Kier molecular flexibility index (Phi) is 5.43. The summed E-state index contributed by atoms with van der Waals surface area (Å²) in [6.45, 7) is 1.92. The van der Waals surface area contributed by atoms with Gasteiger partial charge in [0.15, 0.2) is 0 Å². The molecule has 3 atom stereocenters. The molecular weight excluding hydrogens is 360 g/mol. The monoisotopic (exact) mass is 384 g/mol. The topological polar surface area (TPSA) is 49.4 Å². The summed E-state index contributed by atoms with van der Waals surface area (Å²) in [4.78, 5) is 28.3. The van der Waals surface area contributed by atoms with E-state index in [0.717, 1.165) is 16.8 Å². The maximum Gasteiger partial charge on any atom is 0.322 e. The average molecular weight is 384 g/mol. The largest absolute Gasteiger partial charge is 0.322 e. The molecule has 1 aliphatic rings. The summed E-state index contributed by atoms with van der Waals surface area (Å²) in [5.41, 5.74) is 2.68. The van der Waals surface area contributed by atoms with Gasteiger partial charge in [-0.25, -0.2) is 4.79 Å². The third-order valence-corrected chi connectivity index (χ3v) is 5.60. The van der Waals surface area contributed by atoms with Gasteiger partial charge in [-0.1, -0.05) is 85.8 Å². The Morgan fingerprint density at radius 2 is 1.34 bits per heavy atom. The highest BCUT2D eigenvalue weighted by atomic mass is 16.2. The molecule has 0 saturated carbocycles. The Hall–Kier alpha value is -3.40. The molecule has 1 saturated heterocycles. The van der Waals surface area contributed by atoms with Crippen LogP contribution in [0.5, 0.6) is 0 Å². The van der Waals surface area contributed by atoms with Crippen LogP contribution in [-0.4, -0.2) is 16.7 Å². The minimum atomic E-state index is -0.327. The Morgan fingerprint density at radius 1 is 0.828 bits per heavy atom. The van der Waals surface area contributed by atoms with Crippen LogP contribution < -0.4 is 5.32 Å². The van der Waals surface area contributed by atoms with Crippen molar-refractivity contribution in [1.29, 1.82) is 0 Å². The number of para-hydroxylation sites is 1. The SMILES string of the molecule is C[C@H]1C(=O)C[C@@H](c2ccccc2)N(C(=O)Nc2ccccc2)[C@H]1c1ccccc1. The maximum absolute atomic E-state index is 13.5. The predicted molar refractivity (Wildman–Crippen MR) is 114 cm³/mol. The number of likely N-dealkylation sites (tertiary alicyclic amines) is 1. The Bertz CT molecular complexity index is 973. The van der Waals surface area contributed by atoms with E-state index < -0.39 is 0 Å². The highest BCUT2D eigenvalue weighted by Crippen LogP contribution is 2.43. The van der Waals surface area contributed by atoms with Gasteiger partial charge in [0.05, 0.1) is 12.1 Å². The first-order chi connectivity index (χ1) is 14.1. The smallest absolute Gasteiger partial charge is 0.309 e. The fraction of sp³-hybridized carbons (Fsp3) is 0.200. The fourth-order valence-corrected chi connectivity index (χ4v) is 4.12. The summed E-state index contributed by atoms with van der Waals surface area (Å²) in [6, 6.07) is 28.2. The third kappa shape index (κ3) is 3.92. The van der Waals surface area contributed by atoms with Gasteiger partial charge < -0.3 is 10.2 Å². The van der Waals surface area contributed by atoms with Gasteiger partial charge >= 0.3 is 6.03 Å². The number of hydrogen-bond donors (Lipinski definition) is 1. The van der Waals surface area contributed by atoms with Gasteiger partial charge in [0.1, 0.15) is 5.78 Å². The van der Waals surface area contributed by atoms with Gasteiger partial charge in [0.2, 0.25) is 0 Å². The molecule has 3 aromatic carbocycles. The number of carbonyl (C=O) groups is 2. The minimum Gasteiger partial charge on any atom is -0.309 e. The molecule has 1 N–H and O–H groups in total. The average Bonchev–Trinajstić information content (AvgIpc) is 2.77. The summed E-state index contributed by atoms with van der Waals surface area (Å²) in [5.74, 6) is -0.102. The van der Waals surface area contributed by atoms with E-state index in [1.807, 2.05) is 103 Å². The molecule has 1 fully saturated rings. The second-order valence-corrected chi connectivity index (χ2v) is 7.44. The highest BCUT2D eigenvalue weighted by molar-refractivity contribution is 5.93. The standard InChI is InChI=1S/C25H24N2O2/c1-18-23(28)17-22(19-11-5-2-6-12-19)27(24(18)20-13-7-3-8-14-20)25(29)26-21-15-9-4-10-16-21/h2-16,18,22,24H,17H2,1H3,(H,26,29)/t18-,22-,24+/m0/s1. The number of rotatable bonds is 3. The predicted octanol–water partition coefficient (Wildman–Crippen LogP) is 5.61. The number of urea groups is 1. The van der Waals surface area contributed by atoms with E-state index in [9.17, 15) is 9.59 Å². The molecule has 3 aromatic rings. The number of piperidine rings is 1. The number of anilines is 1. The van der Waals surface area contributed by atoms with Crippen LogP contribution in [0.3, 0.4) is 0 Å². The van der Waals surface area contributed by atoms with Crippen LogP contribution >= 0.6 is 0 Å². The van der Waals surface area contributed by atoms with Crippen molar-refractivity contribution in [2.75, 3.05) is 5.32 Å². The van der Waals surface area contributed by atoms with Gasteiger partial charge in [-0.2, -0.15) is 0 Å². The lowest BCUT2D eigenvalue weighted by Crippen LogP contribution is -2.49. The molecule has 4 heteroatoms. The van der Waals surface area contributed by atoms with Crippen molar-refractivity contribution < 1.29 is 9.59 Å². The number of nitrogens with one attached hydrogen (secondary N) is 1. The molecular formula is C25H24N2O2. The molecule has 1 heterocycles. The molecule has 2 amide bonds. The maximum atomic E-state index is 13.5. The van der Waals surface area contributed by atoms with E-state index in [4.69, 9.17) is 0 Å². The van der Waals surface area contributed by atoms with Crippen molar-refractivity contribution in [3.8, 4) is 0 Å². The van der Waals surface area contributed by atoms with Gasteiger partial charge in [-0.15, -0.1) is 0 Å². The molecule has 0 bridgehead atoms. The fourth-order valence-electron chi connectivity index (χ4n) is 4.12. The summed E-state index contributed by atoms with van der Waals surface area (Å²) in [5, 5.41) is 3.02. The van der Waals surface area contributed by atoms with Gasteiger partial charge in [0, 0.05) is 18.0 Å². The second-order valence-electron chi connectivity index (χ2n) is 7.44. The van der Waals surface area contributed by atoms with Crippen molar-refractivity contribution in [3.05, 3.63) is 102 Å². The van der Waals surface area contributed by atoms with E-state index >= 15 is 0 Å². The van der Waals surface area contributed by atoms with Gasteiger partial charge in [-0.05, 0) is 23.3 Å². The van der Waals surface area contributed by atoms with Gasteiger partial charge in [-0.3, -0.25) is 4.79 Å². The number of benzene rings is 3. The molecule has 146 valence electrons. The molecule has 0 spiro atoms. The lowest BCUT2D eigenvalue weighted by molar-refractivity contribution is -0.129. The van der Waals surface area contributed by atoms with Crippen LogP contribution in [0.25, 0.3) is 0 Å². The molecule has 0 unspecified atom stereocenters. The molecule has 0 radical (unpaired) electrons. The Labute approximate surface area is 171 Å². The summed E-state index contributed by atoms with van der Waals surface area (Å²) >= 11 is 0. The highest BCUT2D eigenvalue weighted by Gasteiger charge is 2.43. The summed E-state index contributed by atoms with van der Waals surface area (Å²) in [6.07, 6.45) is 0.316.